The van der Waals surface area contributed by atoms with E-state index in [1.165, 1.54) is 0 Å². The highest BCUT2D eigenvalue weighted by molar-refractivity contribution is 6.05. The van der Waals surface area contributed by atoms with E-state index in [2.05, 4.69) is 5.10 Å². The van der Waals surface area contributed by atoms with Crippen molar-refractivity contribution in [2.45, 2.75) is 20.3 Å². The maximum atomic E-state index is 12.6. The second-order valence-electron chi connectivity index (χ2n) is 4.57. The molecule has 1 aromatic carbocycles. The van der Waals surface area contributed by atoms with Gasteiger partial charge in [0.25, 0.3) is 5.91 Å². The summed E-state index contributed by atoms with van der Waals surface area (Å²) in [4.78, 5) is 14.2. The number of amides is 1. The average Bonchev–Trinajstić information content (AvgIpc) is 2.81. The van der Waals surface area contributed by atoms with E-state index >= 15 is 0 Å². The van der Waals surface area contributed by atoms with Crippen molar-refractivity contribution in [2.75, 3.05) is 11.4 Å². The quantitative estimate of drug-likeness (QED) is 0.930. The van der Waals surface area contributed by atoms with Gasteiger partial charge in [0.2, 0.25) is 0 Å². The fourth-order valence-corrected chi connectivity index (χ4v) is 2.14. The summed E-state index contributed by atoms with van der Waals surface area (Å²) in [5.74, 6) is 0.0285. The molecule has 0 unspecified atom stereocenters. The van der Waals surface area contributed by atoms with Gasteiger partial charge in [-0.2, -0.15) is 5.10 Å². The standard InChI is InChI=1S/C15H19N3O2/c1-4-11-9-14(17(3)16-11)15(20)18(5-2)12-7-6-8-13(19)10-12/h6-10,19H,4-5H2,1-3H3. The number of rotatable bonds is 4. The van der Waals surface area contributed by atoms with Gasteiger partial charge in [-0.15, -0.1) is 0 Å². The average molecular weight is 273 g/mol. The minimum Gasteiger partial charge on any atom is -0.508 e. The molecular formula is C15H19N3O2. The van der Waals surface area contributed by atoms with Gasteiger partial charge >= 0.3 is 0 Å². The second-order valence-corrected chi connectivity index (χ2v) is 4.57. The molecule has 20 heavy (non-hydrogen) atoms. The third-order valence-corrected chi connectivity index (χ3v) is 3.21. The molecular weight excluding hydrogens is 254 g/mol. The number of carbonyl (C=O) groups excluding carboxylic acids is 1. The van der Waals surface area contributed by atoms with E-state index in [1.807, 2.05) is 19.9 Å². The molecule has 0 aliphatic rings. The van der Waals surface area contributed by atoms with Crippen LogP contribution in [0.1, 0.15) is 30.0 Å². The predicted octanol–water partition coefficient (Wildman–Crippen LogP) is 2.35. The summed E-state index contributed by atoms with van der Waals surface area (Å²) in [7, 11) is 1.77. The molecule has 0 fully saturated rings. The molecule has 0 radical (unpaired) electrons. The van der Waals surface area contributed by atoms with Gasteiger partial charge in [-0.3, -0.25) is 9.48 Å². The van der Waals surface area contributed by atoms with Crippen molar-refractivity contribution in [3.05, 3.63) is 41.7 Å². The summed E-state index contributed by atoms with van der Waals surface area (Å²) < 4.78 is 1.60. The number of aromatic hydroxyl groups is 1. The molecule has 0 saturated carbocycles. The molecule has 5 nitrogen and oxygen atoms in total. The summed E-state index contributed by atoms with van der Waals surface area (Å²) in [5.41, 5.74) is 2.12. The number of phenols is 1. The maximum Gasteiger partial charge on any atom is 0.276 e. The molecule has 1 N–H and O–H groups in total. The highest BCUT2D eigenvalue weighted by Gasteiger charge is 2.20. The molecule has 2 rings (SSSR count). The Kier molecular flexibility index (Phi) is 4.08. The van der Waals surface area contributed by atoms with E-state index < -0.39 is 0 Å². The Morgan fingerprint density at radius 3 is 2.65 bits per heavy atom. The summed E-state index contributed by atoms with van der Waals surface area (Å²) in [6.07, 6.45) is 0.791. The van der Waals surface area contributed by atoms with Crippen molar-refractivity contribution in [1.29, 1.82) is 0 Å². The zero-order valence-corrected chi connectivity index (χ0v) is 12.0. The zero-order valence-electron chi connectivity index (χ0n) is 12.0. The largest absolute Gasteiger partial charge is 0.508 e. The van der Waals surface area contributed by atoms with Gasteiger partial charge in [-0.05, 0) is 31.5 Å². The number of hydrogen-bond acceptors (Lipinski definition) is 3. The third-order valence-electron chi connectivity index (χ3n) is 3.21. The number of phenolic OH excluding ortho intramolecular Hbond substituents is 1. The van der Waals surface area contributed by atoms with Crippen LogP contribution >= 0.6 is 0 Å². The Labute approximate surface area is 118 Å². The van der Waals surface area contributed by atoms with Crippen molar-refractivity contribution in [2.24, 2.45) is 7.05 Å². The molecule has 0 aliphatic carbocycles. The molecule has 2 aromatic rings. The van der Waals surface area contributed by atoms with Crippen molar-refractivity contribution in [3.8, 4) is 5.75 Å². The van der Waals surface area contributed by atoms with Gasteiger partial charge in [-0.1, -0.05) is 13.0 Å². The Bertz CT molecular complexity index is 619. The van der Waals surface area contributed by atoms with Gasteiger partial charge in [0.15, 0.2) is 0 Å². The van der Waals surface area contributed by atoms with Crippen LogP contribution in [0.4, 0.5) is 5.69 Å². The molecule has 0 bridgehead atoms. The second kappa shape index (κ2) is 5.77. The number of carbonyl (C=O) groups is 1. The maximum absolute atomic E-state index is 12.6. The normalized spacial score (nSPS) is 10.6. The van der Waals surface area contributed by atoms with Crippen molar-refractivity contribution in [1.82, 2.24) is 9.78 Å². The van der Waals surface area contributed by atoms with E-state index in [1.54, 1.807) is 40.9 Å². The Morgan fingerprint density at radius 2 is 2.10 bits per heavy atom. The van der Waals surface area contributed by atoms with Gasteiger partial charge in [0, 0.05) is 25.3 Å². The number of anilines is 1. The summed E-state index contributed by atoms with van der Waals surface area (Å²) in [6.45, 7) is 4.43. The first-order chi connectivity index (χ1) is 9.56. The monoisotopic (exact) mass is 273 g/mol. The first-order valence-corrected chi connectivity index (χ1v) is 6.70. The molecule has 1 aromatic heterocycles. The third kappa shape index (κ3) is 2.66. The molecule has 0 spiro atoms. The summed E-state index contributed by atoms with van der Waals surface area (Å²) in [5, 5.41) is 13.8. The van der Waals surface area contributed by atoms with Crippen molar-refractivity contribution >= 4 is 11.6 Å². The lowest BCUT2D eigenvalue weighted by molar-refractivity contribution is 0.0979. The van der Waals surface area contributed by atoms with E-state index in [0.29, 0.717) is 17.9 Å². The first kappa shape index (κ1) is 14.1. The lowest BCUT2D eigenvalue weighted by atomic mass is 10.2. The lowest BCUT2D eigenvalue weighted by Crippen LogP contribution is -2.32. The van der Waals surface area contributed by atoms with Crippen LogP contribution in [0.5, 0.6) is 5.75 Å². The van der Waals surface area contributed by atoms with Crippen LogP contribution in [0.25, 0.3) is 0 Å². The Hall–Kier alpha value is -2.30. The van der Waals surface area contributed by atoms with Gasteiger partial charge in [0.05, 0.1) is 5.69 Å². The van der Waals surface area contributed by atoms with Crippen LogP contribution in [-0.4, -0.2) is 27.3 Å². The number of nitrogens with zero attached hydrogens (tertiary/aromatic N) is 3. The number of aryl methyl sites for hydroxylation is 2. The van der Waals surface area contributed by atoms with Crippen LogP contribution in [0.15, 0.2) is 30.3 Å². The fraction of sp³-hybridized carbons (Fsp3) is 0.333. The summed E-state index contributed by atoms with van der Waals surface area (Å²) in [6, 6.07) is 8.51. The number of aromatic nitrogens is 2. The minimum atomic E-state index is -0.118. The molecule has 0 atom stereocenters. The molecule has 106 valence electrons. The van der Waals surface area contributed by atoms with Crippen LogP contribution in [0.3, 0.4) is 0 Å². The Balaban J connectivity index is 2.36. The van der Waals surface area contributed by atoms with Crippen LogP contribution in [0, 0.1) is 0 Å². The summed E-state index contributed by atoms with van der Waals surface area (Å²) >= 11 is 0. The van der Waals surface area contributed by atoms with Crippen LogP contribution in [-0.2, 0) is 13.5 Å². The SMILES string of the molecule is CCc1cc(C(=O)N(CC)c2cccc(O)c2)n(C)n1. The van der Waals surface area contributed by atoms with Gasteiger partial charge in [-0.25, -0.2) is 0 Å². The topological polar surface area (TPSA) is 58.4 Å². The fourth-order valence-electron chi connectivity index (χ4n) is 2.14. The highest BCUT2D eigenvalue weighted by atomic mass is 16.3. The molecule has 1 heterocycles. The first-order valence-electron chi connectivity index (χ1n) is 6.70. The van der Waals surface area contributed by atoms with E-state index in [-0.39, 0.29) is 11.7 Å². The molecule has 1 amide bonds. The smallest absolute Gasteiger partial charge is 0.276 e. The lowest BCUT2D eigenvalue weighted by Gasteiger charge is -2.21. The van der Waals surface area contributed by atoms with Gasteiger partial charge in [0.1, 0.15) is 11.4 Å². The van der Waals surface area contributed by atoms with E-state index in [9.17, 15) is 9.90 Å². The number of hydrogen-bond donors (Lipinski definition) is 1. The van der Waals surface area contributed by atoms with Crippen molar-refractivity contribution in [3.63, 3.8) is 0 Å². The Morgan fingerprint density at radius 1 is 1.35 bits per heavy atom. The van der Waals surface area contributed by atoms with Gasteiger partial charge < -0.3 is 10.0 Å². The number of benzene rings is 1. The molecule has 0 saturated heterocycles. The molecule has 5 heteroatoms. The molecule has 0 aliphatic heterocycles. The zero-order chi connectivity index (χ0) is 14.7. The van der Waals surface area contributed by atoms with Crippen molar-refractivity contribution < 1.29 is 9.90 Å². The van der Waals surface area contributed by atoms with E-state index in [0.717, 1.165) is 12.1 Å². The highest BCUT2D eigenvalue weighted by Crippen LogP contribution is 2.22. The van der Waals surface area contributed by atoms with Crippen LogP contribution < -0.4 is 4.90 Å². The van der Waals surface area contributed by atoms with E-state index in [4.69, 9.17) is 0 Å². The van der Waals surface area contributed by atoms with Crippen LogP contribution in [0.2, 0.25) is 0 Å². The minimum absolute atomic E-state index is 0.118. The predicted molar refractivity (Wildman–Crippen MR) is 78.0 cm³/mol.